The summed E-state index contributed by atoms with van der Waals surface area (Å²) in [7, 11) is 0. The van der Waals surface area contributed by atoms with E-state index in [2.05, 4.69) is 120 Å². The largest absolute Gasteiger partial charge is 0.455 e. The molecule has 0 aliphatic rings. The van der Waals surface area contributed by atoms with Gasteiger partial charge < -0.3 is 8.98 Å². The lowest BCUT2D eigenvalue weighted by Crippen LogP contribution is -1.96. The van der Waals surface area contributed by atoms with E-state index in [1.165, 1.54) is 5.39 Å². The van der Waals surface area contributed by atoms with Crippen LogP contribution in [0.15, 0.2) is 168 Å². The molecule has 3 aromatic heterocycles. The standard InChI is InChI=1S/C42H27N3O/c1-3-10-28(11-4-1)37-27-38(44-42(43-37)30-12-5-2-6-13-30)29-18-21-33(22-19-29)45-25-24-32-26-31(20-23-39(32)45)34-15-9-16-36-35-14-7-8-17-40(35)46-41(34)36/h1-27H. The van der Waals surface area contributed by atoms with Gasteiger partial charge in [0.05, 0.1) is 16.9 Å². The number of benzene rings is 6. The first-order valence-corrected chi connectivity index (χ1v) is 15.4. The fourth-order valence-corrected chi connectivity index (χ4v) is 6.37. The normalized spacial score (nSPS) is 11.5. The van der Waals surface area contributed by atoms with Crippen molar-refractivity contribution in [1.29, 1.82) is 0 Å². The van der Waals surface area contributed by atoms with Gasteiger partial charge in [-0.15, -0.1) is 0 Å². The number of hydrogen-bond acceptors (Lipinski definition) is 3. The van der Waals surface area contributed by atoms with Gasteiger partial charge in [0.15, 0.2) is 5.82 Å². The van der Waals surface area contributed by atoms with Crippen LogP contribution in [0.1, 0.15) is 0 Å². The summed E-state index contributed by atoms with van der Waals surface area (Å²) >= 11 is 0. The second kappa shape index (κ2) is 10.7. The van der Waals surface area contributed by atoms with E-state index >= 15 is 0 Å². The van der Waals surface area contributed by atoms with Crippen molar-refractivity contribution in [3.63, 3.8) is 0 Å². The van der Waals surface area contributed by atoms with Crippen molar-refractivity contribution in [3.05, 3.63) is 164 Å². The van der Waals surface area contributed by atoms with Crippen LogP contribution in [-0.2, 0) is 0 Å². The molecular formula is C42H27N3O. The first-order valence-electron chi connectivity index (χ1n) is 15.4. The Labute approximate surface area is 265 Å². The molecule has 9 rings (SSSR count). The first kappa shape index (κ1) is 26.2. The van der Waals surface area contributed by atoms with Gasteiger partial charge in [0.25, 0.3) is 0 Å². The fourth-order valence-electron chi connectivity index (χ4n) is 6.37. The lowest BCUT2D eigenvalue weighted by Gasteiger charge is -2.11. The molecule has 0 amide bonds. The molecule has 0 radical (unpaired) electrons. The zero-order valence-electron chi connectivity index (χ0n) is 24.8. The second-order valence-corrected chi connectivity index (χ2v) is 11.5. The Morgan fingerprint density at radius 2 is 1.13 bits per heavy atom. The van der Waals surface area contributed by atoms with E-state index in [0.717, 1.165) is 72.3 Å². The van der Waals surface area contributed by atoms with Crippen molar-refractivity contribution in [2.24, 2.45) is 0 Å². The van der Waals surface area contributed by atoms with Crippen molar-refractivity contribution >= 4 is 32.8 Å². The van der Waals surface area contributed by atoms with Crippen LogP contribution in [0.25, 0.3) is 83.6 Å². The summed E-state index contributed by atoms with van der Waals surface area (Å²) in [6.45, 7) is 0. The second-order valence-electron chi connectivity index (χ2n) is 11.5. The van der Waals surface area contributed by atoms with Gasteiger partial charge in [0.2, 0.25) is 0 Å². The van der Waals surface area contributed by atoms with E-state index in [9.17, 15) is 0 Å². The fraction of sp³-hybridized carbons (Fsp3) is 0. The minimum Gasteiger partial charge on any atom is -0.455 e. The summed E-state index contributed by atoms with van der Waals surface area (Å²) in [5, 5.41) is 3.45. The zero-order chi connectivity index (χ0) is 30.5. The van der Waals surface area contributed by atoms with Gasteiger partial charge in [-0.25, -0.2) is 9.97 Å². The van der Waals surface area contributed by atoms with Crippen molar-refractivity contribution < 1.29 is 4.42 Å². The van der Waals surface area contributed by atoms with E-state index in [1.807, 2.05) is 48.5 Å². The average Bonchev–Trinajstić information content (AvgIpc) is 3.74. The molecule has 0 unspecified atom stereocenters. The SMILES string of the molecule is c1ccc(-c2cc(-c3ccc(-n4ccc5cc(-c6cccc7c6oc6ccccc67)ccc54)cc3)nc(-c3ccccc3)n2)cc1. The maximum absolute atomic E-state index is 6.32. The molecule has 0 saturated heterocycles. The van der Waals surface area contributed by atoms with E-state index in [0.29, 0.717) is 5.82 Å². The molecule has 3 heterocycles. The van der Waals surface area contributed by atoms with Crippen LogP contribution in [0.4, 0.5) is 0 Å². The van der Waals surface area contributed by atoms with Crippen LogP contribution in [0.5, 0.6) is 0 Å². The predicted molar refractivity (Wildman–Crippen MR) is 188 cm³/mol. The number of nitrogens with zero attached hydrogens (tertiary/aromatic N) is 3. The van der Waals surface area contributed by atoms with Crippen LogP contribution in [0, 0.1) is 0 Å². The lowest BCUT2D eigenvalue weighted by atomic mass is 10.0. The van der Waals surface area contributed by atoms with Crippen LogP contribution >= 0.6 is 0 Å². The Morgan fingerprint density at radius 1 is 0.478 bits per heavy atom. The average molecular weight is 590 g/mol. The highest BCUT2D eigenvalue weighted by atomic mass is 16.3. The molecule has 4 heteroatoms. The molecule has 0 aliphatic heterocycles. The van der Waals surface area contributed by atoms with Gasteiger partial charge in [-0.2, -0.15) is 0 Å². The number of furan rings is 1. The number of para-hydroxylation sites is 2. The molecule has 0 bridgehead atoms. The summed E-state index contributed by atoms with van der Waals surface area (Å²) in [5.74, 6) is 0.714. The van der Waals surface area contributed by atoms with Gasteiger partial charge in [-0.3, -0.25) is 0 Å². The Balaban J connectivity index is 1.08. The van der Waals surface area contributed by atoms with E-state index in [4.69, 9.17) is 14.4 Å². The predicted octanol–water partition coefficient (Wildman–Crippen LogP) is 11.0. The van der Waals surface area contributed by atoms with E-state index in [1.54, 1.807) is 0 Å². The van der Waals surface area contributed by atoms with Crippen molar-refractivity contribution in [2.75, 3.05) is 0 Å². The van der Waals surface area contributed by atoms with Crippen molar-refractivity contribution in [3.8, 4) is 50.7 Å². The summed E-state index contributed by atoms with van der Waals surface area (Å²) in [4.78, 5) is 9.92. The summed E-state index contributed by atoms with van der Waals surface area (Å²) in [6.07, 6.45) is 2.14. The highest BCUT2D eigenvalue weighted by Crippen LogP contribution is 2.37. The molecule has 46 heavy (non-hydrogen) atoms. The first-order chi connectivity index (χ1) is 22.8. The maximum atomic E-state index is 6.32. The molecule has 0 fully saturated rings. The van der Waals surface area contributed by atoms with Gasteiger partial charge in [0.1, 0.15) is 11.2 Å². The topological polar surface area (TPSA) is 43.9 Å². The minimum atomic E-state index is 0.714. The van der Waals surface area contributed by atoms with Crippen molar-refractivity contribution in [2.45, 2.75) is 0 Å². The maximum Gasteiger partial charge on any atom is 0.160 e. The molecule has 6 aromatic carbocycles. The quantitative estimate of drug-likeness (QED) is 0.201. The molecule has 4 nitrogen and oxygen atoms in total. The van der Waals surface area contributed by atoms with Gasteiger partial charge in [0, 0.05) is 50.3 Å². The van der Waals surface area contributed by atoms with Crippen LogP contribution in [-0.4, -0.2) is 14.5 Å². The molecule has 0 aliphatic carbocycles. The lowest BCUT2D eigenvalue weighted by molar-refractivity contribution is 0.670. The highest BCUT2D eigenvalue weighted by molar-refractivity contribution is 6.10. The number of aromatic nitrogens is 3. The molecule has 216 valence electrons. The van der Waals surface area contributed by atoms with E-state index in [-0.39, 0.29) is 0 Å². The molecular weight excluding hydrogens is 562 g/mol. The molecule has 9 aromatic rings. The van der Waals surface area contributed by atoms with Gasteiger partial charge >= 0.3 is 0 Å². The Morgan fingerprint density at radius 3 is 1.91 bits per heavy atom. The summed E-state index contributed by atoms with van der Waals surface area (Å²) < 4.78 is 8.55. The Kier molecular flexibility index (Phi) is 6.10. The van der Waals surface area contributed by atoms with Crippen LogP contribution in [0.2, 0.25) is 0 Å². The number of fused-ring (bicyclic) bond motifs is 4. The third kappa shape index (κ3) is 4.47. The number of rotatable bonds is 5. The smallest absolute Gasteiger partial charge is 0.160 e. The Hall–Kier alpha value is -6.26. The van der Waals surface area contributed by atoms with Crippen LogP contribution in [0.3, 0.4) is 0 Å². The van der Waals surface area contributed by atoms with E-state index < -0.39 is 0 Å². The molecule has 0 spiro atoms. The van der Waals surface area contributed by atoms with Crippen molar-refractivity contribution in [1.82, 2.24) is 14.5 Å². The minimum absolute atomic E-state index is 0.714. The Bertz CT molecular complexity index is 2450. The van der Waals surface area contributed by atoms with Gasteiger partial charge in [-0.05, 0) is 48.0 Å². The third-order valence-corrected chi connectivity index (χ3v) is 8.67. The monoisotopic (exact) mass is 589 g/mol. The highest BCUT2D eigenvalue weighted by Gasteiger charge is 2.14. The molecule has 0 saturated carbocycles. The van der Waals surface area contributed by atoms with Gasteiger partial charge in [-0.1, -0.05) is 115 Å². The molecule has 0 atom stereocenters. The summed E-state index contributed by atoms with van der Waals surface area (Å²) in [6, 6.07) is 54.5. The van der Waals surface area contributed by atoms with Crippen LogP contribution < -0.4 is 0 Å². The molecule has 0 N–H and O–H groups in total. The number of hydrogen-bond donors (Lipinski definition) is 0. The zero-order valence-corrected chi connectivity index (χ0v) is 24.8. The third-order valence-electron chi connectivity index (χ3n) is 8.67. The summed E-state index contributed by atoms with van der Waals surface area (Å²) in [5.41, 5.74) is 11.2.